The highest BCUT2D eigenvalue weighted by Gasteiger charge is 2.25. The van der Waals surface area contributed by atoms with Crippen molar-refractivity contribution in [3.8, 4) is 11.5 Å². The van der Waals surface area contributed by atoms with Crippen LogP contribution in [0.1, 0.15) is 15.9 Å². The first kappa shape index (κ1) is 13.3. The second-order valence-electron chi connectivity index (χ2n) is 4.02. The van der Waals surface area contributed by atoms with Crippen molar-refractivity contribution in [3.63, 3.8) is 0 Å². The zero-order chi connectivity index (χ0) is 14.4. The highest BCUT2D eigenvalue weighted by Crippen LogP contribution is 2.47. The summed E-state index contributed by atoms with van der Waals surface area (Å²) >= 11 is 13.1. The van der Waals surface area contributed by atoms with E-state index in [9.17, 15) is 15.0 Å². The van der Waals surface area contributed by atoms with Crippen LogP contribution in [0, 0.1) is 0 Å². The van der Waals surface area contributed by atoms with Crippen LogP contribution in [0.2, 0.25) is 10.0 Å². The van der Waals surface area contributed by atoms with Crippen molar-refractivity contribution >= 4 is 51.3 Å². The molecule has 7 heteroatoms. The quantitative estimate of drug-likeness (QED) is 0.538. The van der Waals surface area contributed by atoms with Gasteiger partial charge in [-0.25, -0.2) is 0 Å². The van der Waals surface area contributed by atoms with Crippen molar-refractivity contribution in [1.29, 1.82) is 0 Å². The van der Waals surface area contributed by atoms with Gasteiger partial charge in [-0.3, -0.25) is 4.79 Å². The Labute approximate surface area is 126 Å². The number of phenolic OH excluding ortho intramolecular Hbond substituents is 2. The van der Waals surface area contributed by atoms with Crippen molar-refractivity contribution < 1.29 is 19.4 Å². The van der Waals surface area contributed by atoms with Crippen LogP contribution in [0.4, 0.5) is 0 Å². The van der Waals surface area contributed by atoms with Crippen LogP contribution in [0.25, 0.3) is 11.0 Å². The molecule has 2 heterocycles. The van der Waals surface area contributed by atoms with E-state index in [1.54, 1.807) is 16.8 Å². The molecular formula is C13H6Cl2O4S. The van der Waals surface area contributed by atoms with Gasteiger partial charge in [0.15, 0.2) is 22.9 Å². The predicted octanol–water partition coefficient (Wildman–Crippen LogP) is 4.44. The normalized spacial score (nSPS) is 11.1. The van der Waals surface area contributed by atoms with Gasteiger partial charge in [0, 0.05) is 10.9 Å². The molecule has 0 saturated carbocycles. The molecule has 0 amide bonds. The minimum Gasteiger partial charge on any atom is -0.504 e. The number of thiophene rings is 1. The molecule has 0 fully saturated rings. The molecule has 0 aliphatic carbocycles. The van der Waals surface area contributed by atoms with E-state index in [0.29, 0.717) is 5.56 Å². The number of hydrogen-bond acceptors (Lipinski definition) is 5. The molecule has 3 rings (SSSR count). The number of carbonyl (C=O) groups excluding carboxylic acids is 1. The summed E-state index contributed by atoms with van der Waals surface area (Å²) in [5, 5.41) is 22.9. The van der Waals surface area contributed by atoms with Crippen molar-refractivity contribution in [2.75, 3.05) is 0 Å². The zero-order valence-electron chi connectivity index (χ0n) is 9.68. The molecule has 2 N–H and O–H groups in total. The van der Waals surface area contributed by atoms with Crippen LogP contribution in [0.3, 0.4) is 0 Å². The average molecular weight is 329 g/mol. The number of hydrogen-bond donors (Lipinski definition) is 2. The maximum absolute atomic E-state index is 12.3. The Hall–Kier alpha value is -1.69. The summed E-state index contributed by atoms with van der Waals surface area (Å²) in [6.07, 6.45) is 1.19. The van der Waals surface area contributed by atoms with Crippen LogP contribution in [0.15, 0.2) is 27.5 Å². The first-order valence-corrected chi connectivity index (χ1v) is 7.09. The van der Waals surface area contributed by atoms with Crippen LogP contribution < -0.4 is 0 Å². The predicted molar refractivity (Wildman–Crippen MR) is 77.3 cm³/mol. The molecule has 0 radical (unpaired) electrons. The van der Waals surface area contributed by atoms with E-state index in [2.05, 4.69) is 0 Å². The Kier molecular flexibility index (Phi) is 3.12. The largest absolute Gasteiger partial charge is 0.504 e. The SMILES string of the molecule is O=C(c1ccsc1)c1coc2c(Cl)c(Cl)c(O)c(O)c12. The van der Waals surface area contributed by atoms with Crippen molar-refractivity contribution in [1.82, 2.24) is 0 Å². The van der Waals surface area contributed by atoms with Crippen LogP contribution in [-0.2, 0) is 0 Å². The second-order valence-corrected chi connectivity index (χ2v) is 5.56. The van der Waals surface area contributed by atoms with Crippen molar-refractivity contribution in [2.45, 2.75) is 0 Å². The maximum Gasteiger partial charge on any atom is 0.197 e. The lowest BCUT2D eigenvalue weighted by Crippen LogP contribution is -1.98. The summed E-state index contributed by atoms with van der Waals surface area (Å²) in [5.74, 6) is -1.44. The van der Waals surface area contributed by atoms with Gasteiger partial charge in [-0.2, -0.15) is 11.3 Å². The molecule has 0 bridgehead atoms. The number of aromatic hydroxyl groups is 2. The number of benzene rings is 1. The molecule has 0 atom stereocenters. The number of carbonyl (C=O) groups is 1. The Morgan fingerprint density at radius 1 is 1.20 bits per heavy atom. The molecule has 4 nitrogen and oxygen atoms in total. The molecule has 1 aromatic carbocycles. The Morgan fingerprint density at radius 2 is 1.95 bits per heavy atom. The van der Waals surface area contributed by atoms with Crippen LogP contribution in [0.5, 0.6) is 11.5 Å². The molecule has 20 heavy (non-hydrogen) atoms. The lowest BCUT2D eigenvalue weighted by Gasteiger charge is -2.05. The van der Waals surface area contributed by atoms with Crippen molar-refractivity contribution in [2.24, 2.45) is 0 Å². The molecule has 2 aromatic heterocycles. The average Bonchev–Trinajstić information content (AvgIpc) is 3.10. The molecule has 0 saturated heterocycles. The number of fused-ring (bicyclic) bond motifs is 1. The van der Waals surface area contributed by atoms with E-state index in [1.807, 2.05) is 0 Å². The molecule has 0 unspecified atom stereocenters. The smallest absolute Gasteiger partial charge is 0.197 e. The number of furan rings is 1. The summed E-state index contributed by atoms with van der Waals surface area (Å²) in [6.45, 7) is 0. The summed E-state index contributed by atoms with van der Waals surface area (Å²) < 4.78 is 5.21. The summed E-state index contributed by atoms with van der Waals surface area (Å²) in [5.41, 5.74) is 0.637. The van der Waals surface area contributed by atoms with E-state index < -0.39 is 11.5 Å². The number of halogens is 2. The highest BCUT2D eigenvalue weighted by atomic mass is 35.5. The van der Waals surface area contributed by atoms with E-state index in [4.69, 9.17) is 27.6 Å². The highest BCUT2D eigenvalue weighted by molar-refractivity contribution is 7.08. The molecule has 0 spiro atoms. The van der Waals surface area contributed by atoms with Crippen LogP contribution in [-0.4, -0.2) is 16.0 Å². The van der Waals surface area contributed by atoms with Gasteiger partial charge in [-0.1, -0.05) is 23.2 Å². The fourth-order valence-corrected chi connectivity index (χ4v) is 2.94. The van der Waals surface area contributed by atoms with Gasteiger partial charge in [0.2, 0.25) is 0 Å². The third kappa shape index (κ3) is 1.78. The van der Waals surface area contributed by atoms with E-state index in [-0.39, 0.29) is 32.4 Å². The van der Waals surface area contributed by atoms with Gasteiger partial charge in [0.05, 0.1) is 10.9 Å². The Bertz CT molecular complexity index is 821. The minimum absolute atomic E-state index is 0.0492. The van der Waals surface area contributed by atoms with Gasteiger partial charge in [-0.05, 0) is 11.4 Å². The molecule has 0 aliphatic heterocycles. The van der Waals surface area contributed by atoms with Crippen molar-refractivity contribution in [3.05, 3.63) is 44.3 Å². The molecule has 102 valence electrons. The first-order valence-electron chi connectivity index (χ1n) is 5.39. The van der Waals surface area contributed by atoms with Gasteiger partial charge >= 0.3 is 0 Å². The fraction of sp³-hybridized carbons (Fsp3) is 0. The standard InChI is InChI=1S/C13H6Cl2O4S/c14-8-9(15)13-7(11(17)12(8)18)6(3-19-13)10(16)5-1-2-20-4-5/h1-4,17-18H. The summed E-state index contributed by atoms with van der Waals surface area (Å²) in [6, 6.07) is 1.65. The van der Waals surface area contributed by atoms with Gasteiger partial charge in [-0.15, -0.1) is 0 Å². The first-order chi connectivity index (χ1) is 9.52. The van der Waals surface area contributed by atoms with E-state index in [1.165, 1.54) is 17.6 Å². The summed E-state index contributed by atoms with van der Waals surface area (Å²) in [7, 11) is 0. The summed E-state index contributed by atoms with van der Waals surface area (Å²) in [4.78, 5) is 12.3. The molecule has 0 aliphatic rings. The lowest BCUT2D eigenvalue weighted by molar-refractivity contribution is 0.103. The lowest BCUT2D eigenvalue weighted by atomic mass is 10.0. The Balaban J connectivity index is 2.32. The number of phenols is 2. The van der Waals surface area contributed by atoms with Gasteiger partial charge in [0.1, 0.15) is 16.3 Å². The maximum atomic E-state index is 12.3. The van der Waals surface area contributed by atoms with E-state index >= 15 is 0 Å². The Morgan fingerprint density at radius 3 is 2.60 bits per heavy atom. The molecular weight excluding hydrogens is 323 g/mol. The zero-order valence-corrected chi connectivity index (χ0v) is 12.0. The minimum atomic E-state index is -0.579. The number of rotatable bonds is 2. The number of ketones is 1. The van der Waals surface area contributed by atoms with E-state index in [0.717, 1.165) is 0 Å². The topological polar surface area (TPSA) is 70.7 Å². The third-order valence-corrected chi connectivity index (χ3v) is 4.39. The monoisotopic (exact) mass is 328 g/mol. The van der Waals surface area contributed by atoms with Crippen LogP contribution >= 0.6 is 34.5 Å². The molecule has 3 aromatic rings. The fourth-order valence-electron chi connectivity index (χ4n) is 1.90. The third-order valence-electron chi connectivity index (χ3n) is 2.88. The second kappa shape index (κ2) is 4.70. The van der Waals surface area contributed by atoms with Gasteiger partial charge in [0.25, 0.3) is 0 Å². The van der Waals surface area contributed by atoms with Gasteiger partial charge < -0.3 is 14.6 Å².